The number of carbonyl (C=O) groups excluding carboxylic acids is 1. The van der Waals surface area contributed by atoms with Crippen molar-refractivity contribution in [2.75, 3.05) is 11.4 Å². The Labute approximate surface area is 116 Å². The Kier molecular flexibility index (Phi) is 2.62. The van der Waals surface area contributed by atoms with Gasteiger partial charge in [-0.3, -0.25) is 9.20 Å². The minimum Gasteiger partial charge on any atom is -0.351 e. The summed E-state index contributed by atoms with van der Waals surface area (Å²) in [7, 11) is 0. The zero-order chi connectivity index (χ0) is 12.8. The number of carbonyl (C=O) groups is 1. The number of rotatable bonds is 2. The third-order valence-electron chi connectivity index (χ3n) is 4.67. The second-order valence-corrected chi connectivity index (χ2v) is 6.46. The van der Waals surface area contributed by atoms with Gasteiger partial charge in [0, 0.05) is 24.2 Å². The smallest absolute Gasteiger partial charge is 0.196 e. The number of nitrogens with zero attached hydrogens (tertiary/aromatic N) is 3. The molecule has 2 atom stereocenters. The zero-order valence-corrected chi connectivity index (χ0v) is 11.6. The standard InChI is InChI=1S/C14H17N3OS/c18-9-12-13(15-14-17(12)7-8-19-14)16-6-5-10-3-1-2-4-11(10)16/h7-11H,1-6H2. The van der Waals surface area contributed by atoms with E-state index in [0.29, 0.717) is 6.04 Å². The Morgan fingerprint density at radius 2 is 2.21 bits per heavy atom. The molecule has 1 aliphatic heterocycles. The highest BCUT2D eigenvalue weighted by molar-refractivity contribution is 7.15. The lowest BCUT2D eigenvalue weighted by Gasteiger charge is -2.32. The summed E-state index contributed by atoms with van der Waals surface area (Å²) < 4.78 is 1.92. The molecule has 0 amide bonds. The summed E-state index contributed by atoms with van der Waals surface area (Å²) in [4.78, 5) is 19.5. The molecule has 100 valence electrons. The number of thiazole rings is 1. The number of imidazole rings is 1. The summed E-state index contributed by atoms with van der Waals surface area (Å²) in [5, 5.41) is 1.98. The van der Waals surface area contributed by atoms with Crippen LogP contribution in [0.25, 0.3) is 4.96 Å². The van der Waals surface area contributed by atoms with Gasteiger partial charge < -0.3 is 4.90 Å². The summed E-state index contributed by atoms with van der Waals surface area (Å²) in [5.74, 6) is 1.73. The molecule has 2 fully saturated rings. The van der Waals surface area contributed by atoms with E-state index in [-0.39, 0.29) is 0 Å². The maximum Gasteiger partial charge on any atom is 0.196 e. The average Bonchev–Trinajstić information content (AvgIpc) is 3.11. The topological polar surface area (TPSA) is 37.6 Å². The van der Waals surface area contributed by atoms with Crippen LogP contribution in [0.4, 0.5) is 5.82 Å². The number of aldehydes is 1. The monoisotopic (exact) mass is 275 g/mol. The van der Waals surface area contributed by atoms with Gasteiger partial charge in [-0.1, -0.05) is 12.8 Å². The van der Waals surface area contributed by atoms with Gasteiger partial charge in [-0.05, 0) is 25.2 Å². The predicted octanol–water partition coefficient (Wildman–Crippen LogP) is 2.98. The van der Waals surface area contributed by atoms with Gasteiger partial charge in [0.1, 0.15) is 5.69 Å². The first-order valence-corrected chi connectivity index (χ1v) is 7.94. The molecule has 1 aliphatic carbocycles. The van der Waals surface area contributed by atoms with Gasteiger partial charge in [0.25, 0.3) is 0 Å². The molecule has 5 heteroatoms. The van der Waals surface area contributed by atoms with Crippen LogP contribution in [0.1, 0.15) is 42.6 Å². The van der Waals surface area contributed by atoms with E-state index in [1.165, 1.54) is 32.1 Å². The van der Waals surface area contributed by atoms with Gasteiger partial charge in [-0.25, -0.2) is 4.98 Å². The van der Waals surface area contributed by atoms with Crippen LogP contribution in [-0.2, 0) is 0 Å². The summed E-state index contributed by atoms with van der Waals surface area (Å²) in [6.45, 7) is 1.06. The van der Waals surface area contributed by atoms with Crippen molar-refractivity contribution in [2.45, 2.75) is 38.1 Å². The van der Waals surface area contributed by atoms with Crippen LogP contribution in [0, 0.1) is 5.92 Å². The molecule has 2 aliphatic rings. The van der Waals surface area contributed by atoms with Crippen molar-refractivity contribution in [1.82, 2.24) is 9.38 Å². The second kappa shape index (κ2) is 4.34. The van der Waals surface area contributed by atoms with Crippen LogP contribution in [0.2, 0.25) is 0 Å². The Balaban J connectivity index is 1.77. The first kappa shape index (κ1) is 11.5. The Hall–Kier alpha value is -1.36. The van der Waals surface area contributed by atoms with Crippen LogP contribution in [0.3, 0.4) is 0 Å². The highest BCUT2D eigenvalue weighted by Crippen LogP contribution is 2.39. The number of anilines is 1. The van der Waals surface area contributed by atoms with Gasteiger partial charge in [0.05, 0.1) is 0 Å². The first-order valence-electron chi connectivity index (χ1n) is 7.06. The highest BCUT2D eigenvalue weighted by Gasteiger charge is 2.37. The third kappa shape index (κ3) is 1.64. The molecule has 0 radical (unpaired) electrons. The van der Waals surface area contributed by atoms with Gasteiger partial charge in [-0.15, -0.1) is 11.3 Å². The van der Waals surface area contributed by atoms with Gasteiger partial charge in [-0.2, -0.15) is 0 Å². The number of hydrogen-bond acceptors (Lipinski definition) is 4. The van der Waals surface area contributed by atoms with Crippen molar-refractivity contribution in [2.24, 2.45) is 5.92 Å². The molecule has 3 heterocycles. The molecular formula is C14H17N3OS. The summed E-state index contributed by atoms with van der Waals surface area (Å²) in [6, 6.07) is 0.608. The highest BCUT2D eigenvalue weighted by atomic mass is 32.1. The van der Waals surface area contributed by atoms with Gasteiger partial charge >= 0.3 is 0 Å². The maximum atomic E-state index is 11.4. The summed E-state index contributed by atoms with van der Waals surface area (Å²) in [6.07, 6.45) is 9.44. The van der Waals surface area contributed by atoms with Gasteiger partial charge in [0.15, 0.2) is 17.1 Å². The lowest BCUT2D eigenvalue weighted by atomic mass is 9.85. The van der Waals surface area contributed by atoms with E-state index in [4.69, 9.17) is 4.98 Å². The van der Waals surface area contributed by atoms with Crippen molar-refractivity contribution in [1.29, 1.82) is 0 Å². The molecule has 4 nitrogen and oxygen atoms in total. The fourth-order valence-electron chi connectivity index (χ4n) is 3.78. The van der Waals surface area contributed by atoms with E-state index in [2.05, 4.69) is 4.90 Å². The van der Waals surface area contributed by atoms with Crippen LogP contribution < -0.4 is 4.90 Å². The molecule has 0 spiro atoms. The van der Waals surface area contributed by atoms with Crippen molar-refractivity contribution in [3.05, 3.63) is 17.3 Å². The SMILES string of the molecule is O=Cc1c(N2CCC3CCCCC32)nc2sccn12. The first-order chi connectivity index (χ1) is 9.38. The number of aromatic nitrogens is 2. The number of fused-ring (bicyclic) bond motifs is 2. The molecule has 1 saturated carbocycles. The average molecular weight is 275 g/mol. The van der Waals surface area contributed by atoms with E-state index in [9.17, 15) is 4.79 Å². The molecule has 0 aromatic carbocycles. The van der Waals surface area contributed by atoms with E-state index in [1.54, 1.807) is 11.3 Å². The van der Waals surface area contributed by atoms with E-state index in [0.717, 1.165) is 35.2 Å². The molecular weight excluding hydrogens is 258 g/mol. The number of hydrogen-bond donors (Lipinski definition) is 0. The molecule has 0 bridgehead atoms. The van der Waals surface area contributed by atoms with E-state index < -0.39 is 0 Å². The van der Waals surface area contributed by atoms with Crippen LogP contribution in [0.15, 0.2) is 11.6 Å². The predicted molar refractivity (Wildman–Crippen MR) is 76.2 cm³/mol. The molecule has 1 saturated heterocycles. The van der Waals surface area contributed by atoms with Crippen LogP contribution in [0.5, 0.6) is 0 Å². The molecule has 4 rings (SSSR count). The van der Waals surface area contributed by atoms with E-state index >= 15 is 0 Å². The zero-order valence-electron chi connectivity index (χ0n) is 10.8. The Morgan fingerprint density at radius 3 is 3.11 bits per heavy atom. The minimum atomic E-state index is 0.608. The lowest BCUT2D eigenvalue weighted by Crippen LogP contribution is -2.35. The Morgan fingerprint density at radius 1 is 1.32 bits per heavy atom. The molecule has 19 heavy (non-hydrogen) atoms. The molecule has 2 aromatic rings. The van der Waals surface area contributed by atoms with Gasteiger partial charge in [0.2, 0.25) is 0 Å². The minimum absolute atomic E-state index is 0.608. The van der Waals surface area contributed by atoms with Crippen molar-refractivity contribution < 1.29 is 4.79 Å². The molecule has 2 aromatic heterocycles. The van der Waals surface area contributed by atoms with Crippen molar-refractivity contribution in [3.63, 3.8) is 0 Å². The quantitative estimate of drug-likeness (QED) is 0.791. The second-order valence-electron chi connectivity index (χ2n) is 5.59. The van der Waals surface area contributed by atoms with Crippen molar-refractivity contribution in [3.8, 4) is 0 Å². The molecule has 0 N–H and O–H groups in total. The fourth-order valence-corrected chi connectivity index (χ4v) is 4.50. The van der Waals surface area contributed by atoms with E-state index in [1.807, 2.05) is 16.0 Å². The lowest BCUT2D eigenvalue weighted by molar-refractivity contribution is 0.111. The maximum absolute atomic E-state index is 11.4. The summed E-state index contributed by atoms with van der Waals surface area (Å²) >= 11 is 1.59. The fraction of sp³-hybridized carbons (Fsp3) is 0.571. The van der Waals surface area contributed by atoms with Crippen molar-refractivity contribution >= 4 is 28.4 Å². The normalized spacial score (nSPS) is 26.8. The Bertz CT molecular complexity index is 617. The van der Waals surface area contributed by atoms with Crippen LogP contribution in [-0.4, -0.2) is 28.3 Å². The summed E-state index contributed by atoms with van der Waals surface area (Å²) in [5.41, 5.74) is 0.725. The third-order valence-corrected chi connectivity index (χ3v) is 5.43. The largest absolute Gasteiger partial charge is 0.351 e. The van der Waals surface area contributed by atoms with Crippen LogP contribution >= 0.6 is 11.3 Å². The molecule has 2 unspecified atom stereocenters.